The molecule has 118 valence electrons. The topological polar surface area (TPSA) is 130 Å². The van der Waals surface area contributed by atoms with Gasteiger partial charge in [0.25, 0.3) is 0 Å². The molecule has 2 aromatic heterocycles. The Morgan fingerprint density at radius 2 is 2.09 bits per heavy atom. The Morgan fingerprint density at radius 1 is 1.45 bits per heavy atom. The van der Waals surface area contributed by atoms with E-state index in [1.54, 1.807) is 10.8 Å². The summed E-state index contributed by atoms with van der Waals surface area (Å²) in [5, 5.41) is 11.0. The molecule has 0 spiro atoms. The van der Waals surface area contributed by atoms with Crippen LogP contribution in [0, 0.1) is 11.3 Å². The number of nitriles is 1. The van der Waals surface area contributed by atoms with Crippen molar-refractivity contribution in [1.29, 1.82) is 5.26 Å². The highest BCUT2D eigenvalue weighted by molar-refractivity contribution is 7.88. The van der Waals surface area contributed by atoms with Crippen molar-refractivity contribution in [2.75, 3.05) is 24.0 Å². The monoisotopic (exact) mass is 323 g/mol. The molecule has 2 rings (SSSR count). The van der Waals surface area contributed by atoms with E-state index < -0.39 is 10.0 Å². The predicted molar refractivity (Wildman–Crippen MR) is 83.4 cm³/mol. The van der Waals surface area contributed by atoms with Gasteiger partial charge in [-0.25, -0.2) is 8.42 Å². The van der Waals surface area contributed by atoms with Crippen LogP contribution < -0.4 is 15.6 Å². The Kier molecular flexibility index (Phi) is 3.95. The van der Waals surface area contributed by atoms with Crippen LogP contribution in [-0.4, -0.2) is 36.3 Å². The smallest absolute Gasteiger partial charge is 0.225 e. The van der Waals surface area contributed by atoms with Crippen molar-refractivity contribution in [2.24, 2.45) is 0 Å². The predicted octanol–water partition coefficient (Wildman–Crippen LogP) is 0.366. The lowest BCUT2D eigenvalue weighted by Crippen LogP contribution is -2.39. The molecule has 0 atom stereocenters. The van der Waals surface area contributed by atoms with Gasteiger partial charge in [0.05, 0.1) is 17.2 Å². The zero-order chi connectivity index (χ0) is 16.7. The van der Waals surface area contributed by atoms with Gasteiger partial charge in [-0.1, -0.05) is 0 Å². The third kappa shape index (κ3) is 2.95. The summed E-state index contributed by atoms with van der Waals surface area (Å²) in [7, 11) is -2.01. The van der Waals surface area contributed by atoms with Crippen LogP contribution in [0.1, 0.15) is 25.5 Å². The van der Waals surface area contributed by atoms with Crippen LogP contribution in [0.3, 0.4) is 0 Å². The van der Waals surface area contributed by atoms with E-state index in [1.807, 2.05) is 13.8 Å². The number of sulfonamides is 1. The highest BCUT2D eigenvalue weighted by atomic mass is 32.2. The number of hydrogen-bond donors (Lipinski definition) is 2. The van der Waals surface area contributed by atoms with Gasteiger partial charge in [-0.3, -0.25) is 5.01 Å². The van der Waals surface area contributed by atoms with E-state index in [4.69, 9.17) is 5.73 Å². The maximum Gasteiger partial charge on any atom is 0.225 e. The quantitative estimate of drug-likeness (QED) is 0.777. The van der Waals surface area contributed by atoms with Gasteiger partial charge in [0.15, 0.2) is 5.82 Å². The number of aromatic nitrogens is 3. The van der Waals surface area contributed by atoms with E-state index in [0.717, 1.165) is 6.26 Å². The number of nitrogens with two attached hydrogens (primary N) is 1. The Hall–Kier alpha value is -2.38. The van der Waals surface area contributed by atoms with E-state index in [9.17, 15) is 13.7 Å². The number of nitrogen functional groups attached to an aromatic ring is 1. The third-order valence-corrected chi connectivity index (χ3v) is 3.57. The first kappa shape index (κ1) is 16.0. The fourth-order valence-corrected chi connectivity index (χ4v) is 2.74. The lowest BCUT2D eigenvalue weighted by Gasteiger charge is -2.19. The minimum atomic E-state index is -3.50. The van der Waals surface area contributed by atoms with E-state index in [1.165, 1.54) is 12.1 Å². The molecule has 0 fully saturated rings. The lowest BCUT2D eigenvalue weighted by molar-refractivity contribution is 0.586. The minimum absolute atomic E-state index is 0.00543. The van der Waals surface area contributed by atoms with Crippen LogP contribution >= 0.6 is 0 Å². The van der Waals surface area contributed by atoms with E-state index in [2.05, 4.69) is 20.9 Å². The summed E-state index contributed by atoms with van der Waals surface area (Å²) in [4.78, 5) is 10.5. The molecule has 0 aliphatic rings. The van der Waals surface area contributed by atoms with Crippen LogP contribution in [0.5, 0.6) is 0 Å². The van der Waals surface area contributed by atoms with Gasteiger partial charge in [-0.2, -0.15) is 15.2 Å². The number of nitrogens with one attached hydrogen (secondary N) is 1. The lowest BCUT2D eigenvalue weighted by atomic mass is 10.2. The molecule has 2 heterocycles. The largest absolute Gasteiger partial charge is 0.368 e. The zero-order valence-corrected chi connectivity index (χ0v) is 13.5. The molecule has 2 aromatic rings. The van der Waals surface area contributed by atoms with E-state index in [-0.39, 0.29) is 17.8 Å². The molecule has 0 saturated heterocycles. The molecule has 0 unspecified atom stereocenters. The van der Waals surface area contributed by atoms with Crippen molar-refractivity contribution in [1.82, 2.24) is 19.4 Å². The molecule has 9 nitrogen and oxygen atoms in total. The maximum atomic E-state index is 11.4. The second-order valence-corrected chi connectivity index (χ2v) is 6.91. The molecule has 22 heavy (non-hydrogen) atoms. The molecule has 0 aliphatic carbocycles. The summed E-state index contributed by atoms with van der Waals surface area (Å²) in [6.07, 6.45) is 2.68. The van der Waals surface area contributed by atoms with Crippen molar-refractivity contribution >= 4 is 32.8 Å². The van der Waals surface area contributed by atoms with E-state index >= 15 is 0 Å². The molecule has 10 heteroatoms. The number of nitrogens with zero attached hydrogens (tertiary/aromatic N) is 5. The molecular weight excluding hydrogens is 306 g/mol. The maximum absolute atomic E-state index is 11.4. The van der Waals surface area contributed by atoms with Crippen LogP contribution in [0.15, 0.2) is 6.20 Å². The number of fused-ring (bicyclic) bond motifs is 1. The first-order valence-electron chi connectivity index (χ1n) is 6.43. The summed E-state index contributed by atoms with van der Waals surface area (Å²) < 4.78 is 24.6. The second-order valence-electron chi connectivity index (χ2n) is 5.18. The van der Waals surface area contributed by atoms with Crippen molar-refractivity contribution in [3.8, 4) is 6.07 Å². The third-order valence-electron chi connectivity index (χ3n) is 2.97. The highest BCUT2D eigenvalue weighted by Gasteiger charge is 2.21. The van der Waals surface area contributed by atoms with Crippen LogP contribution in [0.25, 0.3) is 11.0 Å². The Morgan fingerprint density at radius 3 is 2.59 bits per heavy atom. The molecular formula is C12H17N7O2S. The van der Waals surface area contributed by atoms with Crippen molar-refractivity contribution in [2.45, 2.75) is 19.9 Å². The van der Waals surface area contributed by atoms with Gasteiger partial charge in [0.1, 0.15) is 11.7 Å². The summed E-state index contributed by atoms with van der Waals surface area (Å²) in [5.41, 5.74) is 6.55. The number of rotatable bonds is 4. The highest BCUT2D eigenvalue weighted by Crippen LogP contribution is 2.30. The first-order chi connectivity index (χ1) is 10.1. The Labute approximate surface area is 128 Å². The van der Waals surface area contributed by atoms with Gasteiger partial charge in [-0.05, 0) is 13.8 Å². The Balaban J connectivity index is 2.77. The number of hydrogen-bond acceptors (Lipinski definition) is 7. The summed E-state index contributed by atoms with van der Waals surface area (Å²) in [5.74, 6) is 0.220. The molecule has 0 bridgehead atoms. The van der Waals surface area contributed by atoms with Crippen molar-refractivity contribution < 1.29 is 8.42 Å². The average Bonchev–Trinajstić information content (AvgIpc) is 2.74. The molecule has 0 amide bonds. The van der Waals surface area contributed by atoms with Crippen LogP contribution in [0.2, 0.25) is 0 Å². The molecule has 3 N–H and O–H groups in total. The number of anilines is 2. The first-order valence-corrected chi connectivity index (χ1v) is 8.32. The summed E-state index contributed by atoms with van der Waals surface area (Å²) in [6.45, 7) is 3.88. The van der Waals surface area contributed by atoms with Gasteiger partial charge in [0, 0.05) is 19.3 Å². The standard InChI is InChI=1S/C12H17N7O2S/c1-7(2)19-6-8(5-13)9-10(15-12(14)16-11(9)19)18(3)17-22(4,20)21/h6-7,17H,1-4H3,(H2,14,15,16). The minimum Gasteiger partial charge on any atom is -0.368 e. The van der Waals surface area contributed by atoms with E-state index in [0.29, 0.717) is 16.6 Å². The second kappa shape index (κ2) is 5.43. The number of hydrazine groups is 1. The van der Waals surface area contributed by atoms with Crippen LogP contribution in [0.4, 0.5) is 11.8 Å². The van der Waals surface area contributed by atoms with Gasteiger partial charge >= 0.3 is 0 Å². The summed E-state index contributed by atoms with van der Waals surface area (Å²) >= 11 is 0. The Bertz CT molecular complexity index is 864. The average molecular weight is 323 g/mol. The molecule has 0 radical (unpaired) electrons. The van der Waals surface area contributed by atoms with Crippen molar-refractivity contribution in [3.05, 3.63) is 11.8 Å². The zero-order valence-electron chi connectivity index (χ0n) is 12.7. The summed E-state index contributed by atoms with van der Waals surface area (Å²) in [6, 6.07) is 2.13. The van der Waals surface area contributed by atoms with Crippen LogP contribution in [-0.2, 0) is 10.0 Å². The molecule has 0 saturated carbocycles. The van der Waals surface area contributed by atoms with Gasteiger partial charge < -0.3 is 10.3 Å². The normalized spacial score (nSPS) is 11.8. The fourth-order valence-electron chi connectivity index (χ4n) is 2.16. The SMILES string of the molecule is CC(C)n1cc(C#N)c2c(N(C)NS(C)(=O)=O)nc(N)nc21. The van der Waals surface area contributed by atoms with Gasteiger partial charge in [0.2, 0.25) is 16.0 Å². The molecule has 0 aromatic carbocycles. The molecule has 0 aliphatic heterocycles. The fraction of sp³-hybridized carbons (Fsp3) is 0.417. The van der Waals surface area contributed by atoms with Crippen molar-refractivity contribution in [3.63, 3.8) is 0 Å². The van der Waals surface area contributed by atoms with Gasteiger partial charge in [-0.15, -0.1) is 4.83 Å².